The van der Waals surface area contributed by atoms with Crippen LogP contribution in [-0.2, 0) is 9.59 Å². The molecule has 0 rings (SSSR count). The smallest absolute Gasteiger partial charge is 0.311 e. The molecule has 0 radical (unpaired) electrons. The van der Waals surface area contributed by atoms with Gasteiger partial charge in [0.05, 0.1) is 12.3 Å². The maximum atomic E-state index is 11.1. The second kappa shape index (κ2) is 9.55. The molecule has 0 saturated carbocycles. The highest BCUT2D eigenvalue weighted by molar-refractivity contribution is 5.81. The molecule has 22 heavy (non-hydrogen) atoms. The van der Waals surface area contributed by atoms with Gasteiger partial charge in [-0.25, -0.2) is 0 Å². The highest BCUT2D eigenvalue weighted by Gasteiger charge is 2.22. The molecular formula is C18H24O4. The minimum atomic E-state index is -1.21. The van der Waals surface area contributed by atoms with Gasteiger partial charge < -0.3 is 10.2 Å². The van der Waals surface area contributed by atoms with E-state index in [1.165, 1.54) is 6.08 Å². The fourth-order valence-electron chi connectivity index (χ4n) is 1.74. The fraction of sp³-hybridized carbons (Fsp3) is 0.333. The fourth-order valence-corrected chi connectivity index (χ4v) is 1.74. The predicted molar refractivity (Wildman–Crippen MR) is 88.6 cm³/mol. The Morgan fingerprint density at radius 3 is 2.14 bits per heavy atom. The molecule has 1 unspecified atom stereocenters. The lowest BCUT2D eigenvalue weighted by Crippen LogP contribution is -2.18. The Morgan fingerprint density at radius 2 is 1.68 bits per heavy atom. The molecule has 0 fully saturated rings. The summed E-state index contributed by atoms with van der Waals surface area (Å²) in [5.74, 6) is -3.55. The van der Waals surface area contributed by atoms with Crippen molar-refractivity contribution >= 4 is 11.9 Å². The number of carbonyl (C=O) groups is 2. The van der Waals surface area contributed by atoms with E-state index in [9.17, 15) is 9.59 Å². The Labute approximate surface area is 131 Å². The molecule has 4 heteroatoms. The zero-order valence-corrected chi connectivity index (χ0v) is 13.1. The highest BCUT2D eigenvalue weighted by atomic mass is 16.4. The van der Waals surface area contributed by atoms with E-state index in [4.69, 9.17) is 10.2 Å². The molecule has 0 aromatic heterocycles. The van der Waals surface area contributed by atoms with Crippen molar-refractivity contribution in [2.24, 2.45) is 5.92 Å². The standard InChI is InChI=1S/C18H24O4/c1-6-7-8-12(2)15(5)13(3)9-10-14(4)16(18(21)22)11-17(19)20/h9-10,16H,2-8,11H2,1H3,(H,19,20)(H,21,22)/b10-9+. The summed E-state index contributed by atoms with van der Waals surface area (Å²) in [5.41, 5.74) is 2.43. The summed E-state index contributed by atoms with van der Waals surface area (Å²) in [6.45, 7) is 17.5. The molecule has 1 atom stereocenters. The van der Waals surface area contributed by atoms with E-state index < -0.39 is 24.3 Å². The monoisotopic (exact) mass is 304 g/mol. The van der Waals surface area contributed by atoms with Crippen LogP contribution in [0.1, 0.15) is 32.6 Å². The number of hydrogen-bond donors (Lipinski definition) is 2. The van der Waals surface area contributed by atoms with Gasteiger partial charge in [0.25, 0.3) is 0 Å². The van der Waals surface area contributed by atoms with Crippen LogP contribution in [0.25, 0.3) is 0 Å². The number of allylic oxidation sites excluding steroid dienone is 5. The van der Waals surface area contributed by atoms with Crippen LogP contribution < -0.4 is 0 Å². The Balaban J connectivity index is 4.80. The largest absolute Gasteiger partial charge is 0.481 e. The molecule has 0 bridgehead atoms. The first-order valence-electron chi connectivity index (χ1n) is 7.08. The number of hydrogen-bond acceptors (Lipinski definition) is 2. The first-order valence-corrected chi connectivity index (χ1v) is 7.08. The quantitative estimate of drug-likeness (QED) is 0.563. The van der Waals surface area contributed by atoms with E-state index in [-0.39, 0.29) is 5.57 Å². The van der Waals surface area contributed by atoms with Crippen molar-refractivity contribution in [1.29, 1.82) is 0 Å². The molecule has 0 saturated heterocycles. The molecule has 0 heterocycles. The predicted octanol–water partition coefficient (Wildman–Crippen LogP) is 4.13. The minimum Gasteiger partial charge on any atom is -0.481 e. The highest BCUT2D eigenvalue weighted by Crippen LogP contribution is 2.22. The van der Waals surface area contributed by atoms with E-state index in [1.54, 1.807) is 6.08 Å². The Hall–Kier alpha value is -2.36. The van der Waals surface area contributed by atoms with Gasteiger partial charge in [0.2, 0.25) is 0 Å². The summed E-state index contributed by atoms with van der Waals surface area (Å²) in [4.78, 5) is 21.8. The normalized spacial score (nSPS) is 11.9. The molecule has 0 aromatic carbocycles. The van der Waals surface area contributed by atoms with Crippen molar-refractivity contribution in [2.45, 2.75) is 32.6 Å². The van der Waals surface area contributed by atoms with E-state index >= 15 is 0 Å². The van der Waals surface area contributed by atoms with Crippen LogP contribution in [-0.4, -0.2) is 22.2 Å². The third-order valence-electron chi connectivity index (χ3n) is 3.27. The molecule has 0 amide bonds. The lowest BCUT2D eigenvalue weighted by Gasteiger charge is -2.11. The summed E-state index contributed by atoms with van der Waals surface area (Å²) >= 11 is 0. The molecule has 4 nitrogen and oxygen atoms in total. The molecule has 2 N–H and O–H groups in total. The van der Waals surface area contributed by atoms with E-state index in [0.717, 1.165) is 24.8 Å². The van der Waals surface area contributed by atoms with E-state index in [1.807, 2.05) is 0 Å². The van der Waals surface area contributed by atoms with Crippen molar-refractivity contribution in [1.82, 2.24) is 0 Å². The summed E-state index contributed by atoms with van der Waals surface area (Å²) < 4.78 is 0. The molecular weight excluding hydrogens is 280 g/mol. The average Bonchev–Trinajstić information content (AvgIpc) is 2.45. The van der Waals surface area contributed by atoms with Crippen molar-refractivity contribution in [3.8, 4) is 0 Å². The summed E-state index contributed by atoms with van der Waals surface area (Å²) in [6, 6.07) is 0. The topological polar surface area (TPSA) is 74.6 Å². The number of carboxylic acid groups (broad SMARTS) is 2. The summed E-state index contributed by atoms with van der Waals surface area (Å²) in [7, 11) is 0. The lowest BCUT2D eigenvalue weighted by atomic mass is 9.94. The van der Waals surface area contributed by atoms with Gasteiger partial charge >= 0.3 is 11.9 Å². The number of carboxylic acids is 2. The molecule has 0 aliphatic heterocycles. The van der Waals surface area contributed by atoms with Crippen molar-refractivity contribution in [2.75, 3.05) is 0 Å². The zero-order chi connectivity index (χ0) is 17.3. The van der Waals surface area contributed by atoms with Gasteiger partial charge in [0, 0.05) is 0 Å². The maximum Gasteiger partial charge on any atom is 0.311 e. The van der Waals surface area contributed by atoms with Crippen LogP contribution >= 0.6 is 0 Å². The molecule has 0 aliphatic rings. The Morgan fingerprint density at radius 1 is 1.09 bits per heavy atom. The van der Waals surface area contributed by atoms with Crippen LogP contribution in [0, 0.1) is 5.92 Å². The number of aliphatic carboxylic acids is 2. The summed E-state index contributed by atoms with van der Waals surface area (Å²) in [6.07, 6.45) is 5.47. The minimum absolute atomic E-state index is 0.211. The van der Waals surface area contributed by atoms with Crippen LogP contribution in [0.2, 0.25) is 0 Å². The van der Waals surface area contributed by atoms with Crippen molar-refractivity contribution < 1.29 is 19.8 Å². The zero-order valence-electron chi connectivity index (χ0n) is 13.1. The van der Waals surface area contributed by atoms with Crippen molar-refractivity contribution in [3.05, 3.63) is 60.8 Å². The molecule has 120 valence electrons. The van der Waals surface area contributed by atoms with Crippen LogP contribution in [0.15, 0.2) is 60.8 Å². The van der Waals surface area contributed by atoms with Crippen molar-refractivity contribution in [3.63, 3.8) is 0 Å². The molecule has 0 aromatic rings. The van der Waals surface area contributed by atoms with E-state index in [2.05, 4.69) is 33.2 Å². The Bertz CT molecular complexity index is 523. The van der Waals surface area contributed by atoms with Crippen LogP contribution in [0.3, 0.4) is 0 Å². The van der Waals surface area contributed by atoms with Gasteiger partial charge in [-0.15, -0.1) is 0 Å². The first kappa shape index (κ1) is 19.6. The maximum absolute atomic E-state index is 11.1. The van der Waals surface area contributed by atoms with Crippen LogP contribution in [0.4, 0.5) is 0 Å². The second-order valence-electron chi connectivity index (χ2n) is 5.11. The van der Waals surface area contributed by atoms with Gasteiger partial charge in [0.15, 0.2) is 0 Å². The third kappa shape index (κ3) is 6.88. The number of unbranched alkanes of at least 4 members (excludes halogenated alkanes) is 1. The summed E-state index contributed by atoms with van der Waals surface area (Å²) in [5, 5.41) is 17.8. The Kier molecular flexibility index (Phi) is 8.53. The SMILES string of the molecule is C=C(/C=C/C(=C)C(CC(=O)O)C(=O)O)C(=C)C(=C)CCCC. The molecule has 0 spiro atoms. The van der Waals surface area contributed by atoms with Crippen LogP contribution in [0.5, 0.6) is 0 Å². The lowest BCUT2D eigenvalue weighted by molar-refractivity contribution is -0.146. The van der Waals surface area contributed by atoms with E-state index in [0.29, 0.717) is 11.1 Å². The van der Waals surface area contributed by atoms with Gasteiger partial charge in [-0.05, 0) is 35.1 Å². The number of rotatable bonds is 11. The van der Waals surface area contributed by atoms with Gasteiger partial charge in [-0.1, -0.05) is 51.8 Å². The first-order chi connectivity index (χ1) is 10.2. The van der Waals surface area contributed by atoms with Gasteiger partial charge in [0.1, 0.15) is 0 Å². The van der Waals surface area contributed by atoms with Gasteiger partial charge in [-0.3, -0.25) is 9.59 Å². The average molecular weight is 304 g/mol. The van der Waals surface area contributed by atoms with Gasteiger partial charge in [-0.2, -0.15) is 0 Å². The molecule has 0 aliphatic carbocycles. The second-order valence-corrected chi connectivity index (χ2v) is 5.11. The third-order valence-corrected chi connectivity index (χ3v) is 3.27.